The molecule has 0 aliphatic carbocycles. The van der Waals surface area contributed by atoms with Crippen LogP contribution in [-0.2, 0) is 6.54 Å². The Hall–Kier alpha value is -3.41. The Kier molecular flexibility index (Phi) is 5.66. The summed E-state index contributed by atoms with van der Waals surface area (Å²) in [4.78, 5) is 12.4. The molecule has 0 unspecified atom stereocenters. The zero-order valence-corrected chi connectivity index (χ0v) is 15.6. The van der Waals surface area contributed by atoms with Crippen LogP contribution < -0.4 is 15.4 Å². The van der Waals surface area contributed by atoms with Crippen molar-refractivity contribution in [2.45, 2.75) is 20.4 Å². The van der Waals surface area contributed by atoms with Gasteiger partial charge >= 0.3 is 0 Å². The number of hydrogen-bond donors (Lipinski definition) is 2. The maximum absolute atomic E-state index is 12.4. The van der Waals surface area contributed by atoms with E-state index in [0.29, 0.717) is 12.4 Å². The molecule has 0 aliphatic rings. The van der Waals surface area contributed by atoms with E-state index in [9.17, 15) is 4.79 Å². The number of anilines is 2. The Morgan fingerprint density at radius 2 is 1.74 bits per heavy atom. The molecule has 1 amide bonds. The molecule has 3 aromatic rings. The lowest BCUT2D eigenvalue weighted by atomic mass is 10.1. The fourth-order valence-electron chi connectivity index (χ4n) is 2.82. The van der Waals surface area contributed by atoms with E-state index in [1.807, 2.05) is 50.2 Å². The Morgan fingerprint density at radius 3 is 2.41 bits per heavy atom. The van der Waals surface area contributed by atoms with Gasteiger partial charge in [-0.25, -0.2) is 0 Å². The van der Waals surface area contributed by atoms with Crippen molar-refractivity contribution in [2.75, 3.05) is 17.7 Å². The van der Waals surface area contributed by atoms with Gasteiger partial charge in [-0.15, -0.1) is 10.2 Å². The number of ether oxygens (including phenoxy) is 1. The second-order valence-corrected chi connectivity index (χ2v) is 6.30. The summed E-state index contributed by atoms with van der Waals surface area (Å²) in [5, 5.41) is 14.1. The number of aryl methyl sites for hydroxylation is 2. The van der Waals surface area contributed by atoms with E-state index in [4.69, 9.17) is 4.74 Å². The molecule has 27 heavy (non-hydrogen) atoms. The van der Waals surface area contributed by atoms with Crippen molar-refractivity contribution in [3.05, 3.63) is 77.0 Å². The lowest BCUT2D eigenvalue weighted by Gasteiger charge is -2.10. The molecule has 0 bridgehead atoms. The van der Waals surface area contributed by atoms with Crippen LogP contribution in [0.15, 0.2) is 54.6 Å². The average Bonchev–Trinajstić information content (AvgIpc) is 2.66. The van der Waals surface area contributed by atoms with Gasteiger partial charge in [0.2, 0.25) is 0 Å². The van der Waals surface area contributed by atoms with Crippen molar-refractivity contribution in [3.63, 3.8) is 0 Å². The van der Waals surface area contributed by atoms with Crippen molar-refractivity contribution in [1.82, 2.24) is 10.2 Å². The normalized spacial score (nSPS) is 10.3. The minimum atomic E-state index is -0.288. The van der Waals surface area contributed by atoms with Gasteiger partial charge in [-0.05, 0) is 55.3 Å². The standard InChI is InChI=1S/C21H22N4O2/c1-14-10-15(2)12-17(11-14)23-21(26)18-8-9-20(25-24-18)22-13-16-6-4-5-7-19(16)27-3/h4-12H,13H2,1-3H3,(H,22,25)(H,23,26). The number of methoxy groups -OCH3 is 1. The first-order chi connectivity index (χ1) is 13.0. The second kappa shape index (κ2) is 8.31. The highest BCUT2D eigenvalue weighted by Crippen LogP contribution is 2.18. The first-order valence-corrected chi connectivity index (χ1v) is 8.64. The molecule has 0 radical (unpaired) electrons. The Labute approximate surface area is 158 Å². The zero-order chi connectivity index (χ0) is 19.2. The van der Waals surface area contributed by atoms with Gasteiger partial charge in [0.1, 0.15) is 11.6 Å². The van der Waals surface area contributed by atoms with Gasteiger partial charge in [-0.3, -0.25) is 4.79 Å². The van der Waals surface area contributed by atoms with E-state index in [0.717, 1.165) is 28.1 Å². The van der Waals surface area contributed by atoms with Crippen LogP contribution >= 0.6 is 0 Å². The molecule has 0 saturated carbocycles. The molecule has 6 nitrogen and oxygen atoms in total. The number of carbonyl (C=O) groups is 1. The number of hydrogen-bond acceptors (Lipinski definition) is 5. The number of nitrogens with zero attached hydrogens (tertiary/aromatic N) is 2. The van der Waals surface area contributed by atoms with Crippen LogP contribution in [0.1, 0.15) is 27.2 Å². The van der Waals surface area contributed by atoms with Crippen molar-refractivity contribution in [2.24, 2.45) is 0 Å². The molecule has 3 rings (SSSR count). The summed E-state index contributed by atoms with van der Waals surface area (Å²) in [5.41, 5.74) is 4.20. The van der Waals surface area contributed by atoms with Crippen molar-refractivity contribution in [1.29, 1.82) is 0 Å². The number of rotatable bonds is 6. The lowest BCUT2D eigenvalue weighted by molar-refractivity contribution is 0.102. The van der Waals surface area contributed by atoms with E-state index in [2.05, 4.69) is 26.9 Å². The van der Waals surface area contributed by atoms with Crippen LogP contribution in [0.5, 0.6) is 5.75 Å². The molecule has 6 heteroatoms. The van der Waals surface area contributed by atoms with Crippen LogP contribution in [0.4, 0.5) is 11.5 Å². The maximum Gasteiger partial charge on any atom is 0.276 e. The molecule has 0 saturated heterocycles. The highest BCUT2D eigenvalue weighted by Gasteiger charge is 2.10. The Morgan fingerprint density at radius 1 is 1.00 bits per heavy atom. The van der Waals surface area contributed by atoms with Gasteiger partial charge in [0.25, 0.3) is 5.91 Å². The molecule has 0 aliphatic heterocycles. The third kappa shape index (κ3) is 4.82. The summed E-state index contributed by atoms with van der Waals surface area (Å²) in [6, 6.07) is 17.0. The second-order valence-electron chi connectivity index (χ2n) is 6.30. The highest BCUT2D eigenvalue weighted by molar-refractivity contribution is 6.02. The zero-order valence-electron chi connectivity index (χ0n) is 15.6. The van der Waals surface area contributed by atoms with E-state index in [1.54, 1.807) is 19.2 Å². The topological polar surface area (TPSA) is 76.1 Å². The van der Waals surface area contributed by atoms with E-state index in [-0.39, 0.29) is 11.6 Å². The molecule has 0 spiro atoms. The van der Waals surface area contributed by atoms with E-state index in [1.165, 1.54) is 0 Å². The fraction of sp³-hybridized carbons (Fsp3) is 0.190. The minimum absolute atomic E-state index is 0.261. The summed E-state index contributed by atoms with van der Waals surface area (Å²) < 4.78 is 5.33. The Bertz CT molecular complexity index is 919. The molecular formula is C21H22N4O2. The number of benzene rings is 2. The molecule has 2 aromatic carbocycles. The number of aromatic nitrogens is 2. The van der Waals surface area contributed by atoms with Crippen LogP contribution in [0.3, 0.4) is 0 Å². The highest BCUT2D eigenvalue weighted by atomic mass is 16.5. The fourth-order valence-corrected chi connectivity index (χ4v) is 2.82. The van der Waals surface area contributed by atoms with Gasteiger partial charge < -0.3 is 15.4 Å². The van der Waals surface area contributed by atoms with Crippen molar-refractivity contribution in [3.8, 4) is 5.75 Å². The first-order valence-electron chi connectivity index (χ1n) is 8.64. The van der Waals surface area contributed by atoms with Gasteiger partial charge in [-0.2, -0.15) is 0 Å². The largest absolute Gasteiger partial charge is 0.496 e. The van der Waals surface area contributed by atoms with E-state index < -0.39 is 0 Å². The van der Waals surface area contributed by atoms with Crippen LogP contribution in [0, 0.1) is 13.8 Å². The molecule has 138 valence electrons. The minimum Gasteiger partial charge on any atom is -0.496 e. The maximum atomic E-state index is 12.4. The first kappa shape index (κ1) is 18.4. The molecule has 1 aromatic heterocycles. The smallest absolute Gasteiger partial charge is 0.276 e. The molecule has 0 atom stereocenters. The lowest BCUT2D eigenvalue weighted by Crippen LogP contribution is -2.15. The molecule has 0 fully saturated rings. The third-order valence-electron chi connectivity index (χ3n) is 4.03. The van der Waals surface area contributed by atoms with Gasteiger partial charge in [0, 0.05) is 17.8 Å². The predicted molar refractivity (Wildman–Crippen MR) is 106 cm³/mol. The summed E-state index contributed by atoms with van der Waals surface area (Å²) in [5.74, 6) is 1.11. The van der Waals surface area contributed by atoms with Crippen molar-refractivity contribution < 1.29 is 9.53 Å². The van der Waals surface area contributed by atoms with E-state index >= 15 is 0 Å². The summed E-state index contributed by atoms with van der Waals surface area (Å²) in [6.45, 7) is 4.53. The molecule has 1 heterocycles. The molecule has 2 N–H and O–H groups in total. The molecular weight excluding hydrogens is 340 g/mol. The van der Waals surface area contributed by atoms with Gasteiger partial charge in [-0.1, -0.05) is 24.3 Å². The number of amides is 1. The third-order valence-corrected chi connectivity index (χ3v) is 4.03. The average molecular weight is 362 g/mol. The van der Waals surface area contributed by atoms with Gasteiger partial charge in [0.05, 0.1) is 7.11 Å². The number of nitrogens with one attached hydrogen (secondary N) is 2. The number of para-hydroxylation sites is 1. The van der Waals surface area contributed by atoms with Crippen LogP contribution in [-0.4, -0.2) is 23.2 Å². The monoisotopic (exact) mass is 362 g/mol. The van der Waals surface area contributed by atoms with Crippen LogP contribution in [0.2, 0.25) is 0 Å². The Balaban J connectivity index is 1.63. The number of carbonyl (C=O) groups excluding carboxylic acids is 1. The van der Waals surface area contributed by atoms with Gasteiger partial charge in [0.15, 0.2) is 5.69 Å². The summed E-state index contributed by atoms with van der Waals surface area (Å²) >= 11 is 0. The SMILES string of the molecule is COc1ccccc1CNc1ccc(C(=O)Nc2cc(C)cc(C)c2)nn1. The summed E-state index contributed by atoms with van der Waals surface area (Å²) in [7, 11) is 1.64. The quantitative estimate of drug-likeness (QED) is 0.694. The van der Waals surface area contributed by atoms with Crippen molar-refractivity contribution >= 4 is 17.4 Å². The summed E-state index contributed by atoms with van der Waals surface area (Å²) in [6.07, 6.45) is 0. The van der Waals surface area contributed by atoms with Crippen LogP contribution in [0.25, 0.3) is 0 Å². The predicted octanol–water partition coefficient (Wildman–Crippen LogP) is 3.97.